The molecule has 2 aliphatic heterocycles. The van der Waals surface area contributed by atoms with Crippen molar-refractivity contribution in [1.82, 2.24) is 9.80 Å². The Bertz CT molecular complexity index is 523. The van der Waals surface area contributed by atoms with Crippen LogP contribution in [0.25, 0.3) is 0 Å². The molecule has 2 heterocycles. The number of ether oxygens (including phenoxy) is 1. The quantitative estimate of drug-likeness (QED) is 0.831. The Kier molecular flexibility index (Phi) is 4.74. The Morgan fingerprint density at radius 1 is 1.23 bits per heavy atom. The number of nitrogens with zero attached hydrogens (tertiary/aromatic N) is 2. The minimum absolute atomic E-state index is 0.129. The summed E-state index contributed by atoms with van der Waals surface area (Å²) >= 11 is 0. The topological polar surface area (TPSA) is 32.8 Å². The molecule has 0 bridgehead atoms. The van der Waals surface area contributed by atoms with Gasteiger partial charge in [0.2, 0.25) is 5.91 Å². The molecule has 1 aromatic rings. The molecule has 2 atom stereocenters. The Labute approximate surface area is 130 Å². The van der Waals surface area contributed by atoms with Gasteiger partial charge in [0, 0.05) is 45.4 Å². The van der Waals surface area contributed by atoms with Crippen molar-refractivity contribution in [3.63, 3.8) is 0 Å². The van der Waals surface area contributed by atoms with E-state index in [2.05, 4.69) is 4.90 Å². The third kappa shape index (κ3) is 3.31. The molecule has 0 spiro atoms. The molecule has 0 aliphatic carbocycles. The van der Waals surface area contributed by atoms with Crippen LogP contribution in [0.2, 0.25) is 0 Å². The average molecular weight is 306 g/mol. The lowest BCUT2D eigenvalue weighted by molar-refractivity contribution is -0.131. The van der Waals surface area contributed by atoms with Gasteiger partial charge < -0.3 is 9.64 Å². The van der Waals surface area contributed by atoms with Crippen LogP contribution in [0.3, 0.4) is 0 Å². The predicted molar refractivity (Wildman–Crippen MR) is 81.7 cm³/mol. The number of carbonyl (C=O) groups is 1. The molecule has 120 valence electrons. The van der Waals surface area contributed by atoms with E-state index < -0.39 is 0 Å². The number of hydrogen-bond acceptors (Lipinski definition) is 3. The molecular weight excluding hydrogens is 283 g/mol. The molecular formula is C17H23FN2O2. The van der Waals surface area contributed by atoms with E-state index in [0.29, 0.717) is 31.4 Å². The van der Waals surface area contributed by atoms with Gasteiger partial charge in [-0.3, -0.25) is 9.69 Å². The highest BCUT2D eigenvalue weighted by molar-refractivity contribution is 5.76. The molecule has 3 rings (SSSR count). The second-order valence-electron chi connectivity index (χ2n) is 6.35. The molecule has 2 fully saturated rings. The highest BCUT2D eigenvalue weighted by Gasteiger charge is 2.41. The fourth-order valence-electron chi connectivity index (χ4n) is 3.64. The van der Waals surface area contributed by atoms with Gasteiger partial charge in [-0.25, -0.2) is 4.39 Å². The first-order valence-electron chi connectivity index (χ1n) is 7.90. The van der Waals surface area contributed by atoms with Crippen molar-refractivity contribution in [2.45, 2.75) is 13.0 Å². The molecule has 1 aromatic carbocycles. The van der Waals surface area contributed by atoms with Crippen LogP contribution in [-0.2, 0) is 16.1 Å². The van der Waals surface area contributed by atoms with Crippen LogP contribution >= 0.6 is 0 Å². The van der Waals surface area contributed by atoms with E-state index in [1.54, 1.807) is 13.2 Å². The van der Waals surface area contributed by atoms with Crippen molar-refractivity contribution >= 4 is 5.91 Å². The van der Waals surface area contributed by atoms with Gasteiger partial charge in [-0.15, -0.1) is 0 Å². The Morgan fingerprint density at radius 3 is 2.55 bits per heavy atom. The maximum absolute atomic E-state index is 13.7. The summed E-state index contributed by atoms with van der Waals surface area (Å²) in [5, 5.41) is 0. The van der Waals surface area contributed by atoms with Crippen LogP contribution in [0.1, 0.15) is 12.0 Å². The lowest BCUT2D eigenvalue weighted by Gasteiger charge is -2.21. The second kappa shape index (κ2) is 6.75. The van der Waals surface area contributed by atoms with Crippen LogP contribution in [0.5, 0.6) is 0 Å². The standard InChI is InChI=1S/C17H23FN2O2/c1-22-7-6-17(21)20-11-14-9-19(10-15(14)12-20)8-13-4-2-3-5-16(13)18/h2-5,14-15H,6-12H2,1H3/t14-,15+. The number of rotatable bonds is 5. The van der Waals surface area contributed by atoms with Crippen molar-refractivity contribution in [2.24, 2.45) is 11.8 Å². The molecule has 22 heavy (non-hydrogen) atoms. The average Bonchev–Trinajstić information content (AvgIpc) is 3.05. The van der Waals surface area contributed by atoms with E-state index in [9.17, 15) is 9.18 Å². The van der Waals surface area contributed by atoms with Crippen molar-refractivity contribution in [3.8, 4) is 0 Å². The fraction of sp³-hybridized carbons (Fsp3) is 0.588. The normalized spacial score (nSPS) is 24.7. The largest absolute Gasteiger partial charge is 0.384 e. The first-order chi connectivity index (χ1) is 10.7. The van der Waals surface area contributed by atoms with E-state index in [1.165, 1.54) is 6.07 Å². The molecule has 2 aliphatic rings. The van der Waals surface area contributed by atoms with Crippen LogP contribution in [0, 0.1) is 17.7 Å². The number of benzene rings is 1. The van der Waals surface area contributed by atoms with Gasteiger partial charge in [0.15, 0.2) is 0 Å². The summed E-state index contributed by atoms with van der Waals surface area (Å²) < 4.78 is 18.7. The highest BCUT2D eigenvalue weighted by Crippen LogP contribution is 2.32. The van der Waals surface area contributed by atoms with Crippen LogP contribution in [-0.4, -0.2) is 55.6 Å². The molecule has 0 radical (unpaired) electrons. The van der Waals surface area contributed by atoms with Crippen molar-refractivity contribution in [3.05, 3.63) is 35.6 Å². The predicted octanol–water partition coefficient (Wildman–Crippen LogP) is 1.75. The number of methoxy groups -OCH3 is 1. The van der Waals surface area contributed by atoms with Gasteiger partial charge in [0.1, 0.15) is 5.82 Å². The lowest BCUT2D eigenvalue weighted by atomic mass is 10.0. The molecule has 0 saturated carbocycles. The maximum Gasteiger partial charge on any atom is 0.224 e. The molecule has 2 saturated heterocycles. The first-order valence-corrected chi connectivity index (χ1v) is 7.90. The van der Waals surface area contributed by atoms with Gasteiger partial charge in [-0.1, -0.05) is 18.2 Å². The number of fused-ring (bicyclic) bond motifs is 1. The van der Waals surface area contributed by atoms with E-state index in [1.807, 2.05) is 17.0 Å². The van der Waals surface area contributed by atoms with Gasteiger partial charge in [0.05, 0.1) is 13.0 Å². The highest BCUT2D eigenvalue weighted by atomic mass is 19.1. The third-order valence-electron chi connectivity index (χ3n) is 4.79. The summed E-state index contributed by atoms with van der Waals surface area (Å²) in [5.41, 5.74) is 0.760. The van der Waals surface area contributed by atoms with Gasteiger partial charge in [-0.05, 0) is 17.9 Å². The molecule has 4 nitrogen and oxygen atoms in total. The zero-order valence-corrected chi connectivity index (χ0v) is 13.0. The van der Waals surface area contributed by atoms with Crippen molar-refractivity contribution in [2.75, 3.05) is 39.9 Å². The maximum atomic E-state index is 13.7. The van der Waals surface area contributed by atoms with E-state index in [4.69, 9.17) is 4.74 Å². The zero-order valence-electron chi connectivity index (χ0n) is 13.0. The van der Waals surface area contributed by atoms with Gasteiger partial charge in [-0.2, -0.15) is 0 Å². The lowest BCUT2D eigenvalue weighted by Crippen LogP contribution is -2.33. The third-order valence-corrected chi connectivity index (χ3v) is 4.79. The van der Waals surface area contributed by atoms with E-state index in [0.717, 1.165) is 31.7 Å². The summed E-state index contributed by atoms with van der Waals surface area (Å²) in [5.74, 6) is 1.12. The molecule has 0 N–H and O–H groups in total. The summed E-state index contributed by atoms with van der Waals surface area (Å²) in [6, 6.07) is 6.97. The van der Waals surface area contributed by atoms with Crippen LogP contribution in [0.15, 0.2) is 24.3 Å². The van der Waals surface area contributed by atoms with Crippen LogP contribution < -0.4 is 0 Å². The number of halogens is 1. The number of amides is 1. The number of likely N-dealkylation sites (tertiary alicyclic amines) is 2. The first kappa shape index (κ1) is 15.4. The Balaban J connectivity index is 1.51. The van der Waals surface area contributed by atoms with Gasteiger partial charge >= 0.3 is 0 Å². The smallest absolute Gasteiger partial charge is 0.224 e. The summed E-state index contributed by atoms with van der Waals surface area (Å²) in [6.07, 6.45) is 0.467. The minimum Gasteiger partial charge on any atom is -0.384 e. The zero-order chi connectivity index (χ0) is 15.5. The summed E-state index contributed by atoms with van der Waals surface area (Å²) in [6.45, 7) is 4.73. The SMILES string of the molecule is COCCC(=O)N1C[C@H]2CN(Cc3ccccc3F)C[C@H]2C1. The van der Waals surface area contributed by atoms with E-state index in [-0.39, 0.29) is 11.7 Å². The molecule has 0 unspecified atom stereocenters. The number of carbonyl (C=O) groups excluding carboxylic acids is 1. The van der Waals surface area contributed by atoms with Crippen molar-refractivity contribution < 1.29 is 13.9 Å². The fourth-order valence-corrected chi connectivity index (χ4v) is 3.64. The van der Waals surface area contributed by atoms with Gasteiger partial charge in [0.25, 0.3) is 0 Å². The van der Waals surface area contributed by atoms with Crippen molar-refractivity contribution in [1.29, 1.82) is 0 Å². The minimum atomic E-state index is -0.129. The second-order valence-corrected chi connectivity index (χ2v) is 6.35. The summed E-state index contributed by atoms with van der Waals surface area (Å²) in [7, 11) is 1.62. The molecule has 1 amide bonds. The van der Waals surface area contributed by atoms with Crippen LogP contribution in [0.4, 0.5) is 4.39 Å². The molecule has 0 aromatic heterocycles. The van der Waals surface area contributed by atoms with E-state index >= 15 is 0 Å². The monoisotopic (exact) mass is 306 g/mol. The Hall–Kier alpha value is -1.46. The Morgan fingerprint density at radius 2 is 1.91 bits per heavy atom. The summed E-state index contributed by atoms with van der Waals surface area (Å²) in [4.78, 5) is 16.3. The molecule has 5 heteroatoms. The number of hydrogen-bond donors (Lipinski definition) is 0.